The largest absolute Gasteiger partial charge is 0.485 e. The van der Waals surface area contributed by atoms with Crippen LogP contribution in [0.1, 0.15) is 50.5 Å². The van der Waals surface area contributed by atoms with Crippen molar-refractivity contribution in [1.82, 2.24) is 0 Å². The van der Waals surface area contributed by atoms with Crippen LogP contribution in [0.25, 0.3) is 0 Å². The van der Waals surface area contributed by atoms with Crippen LogP contribution in [0.3, 0.4) is 0 Å². The standard InChI is InChI=1S/C23H31NO3/c1-6-24-18-12-13-20-19(14-18)21(25-7-2)22(23(4,5)27-20)26-15-17-11-9-8-10-16(17)3/h8-14,21-22,24H,6-7,15H2,1-5H3. The van der Waals surface area contributed by atoms with Crippen molar-refractivity contribution in [3.05, 3.63) is 59.2 Å². The van der Waals surface area contributed by atoms with E-state index in [0.717, 1.165) is 23.5 Å². The van der Waals surface area contributed by atoms with Crippen LogP contribution in [0, 0.1) is 6.92 Å². The molecule has 146 valence electrons. The predicted molar refractivity (Wildman–Crippen MR) is 109 cm³/mol. The molecule has 1 heterocycles. The highest BCUT2D eigenvalue weighted by molar-refractivity contribution is 5.53. The van der Waals surface area contributed by atoms with Crippen molar-refractivity contribution in [3.8, 4) is 5.75 Å². The Labute approximate surface area is 162 Å². The predicted octanol–water partition coefficient (Wildman–Crippen LogP) is 5.26. The van der Waals surface area contributed by atoms with Crippen LogP contribution in [0.4, 0.5) is 5.69 Å². The molecule has 0 saturated heterocycles. The first kappa shape index (κ1) is 19.7. The molecule has 1 aliphatic rings. The first-order valence-corrected chi connectivity index (χ1v) is 9.80. The van der Waals surface area contributed by atoms with Gasteiger partial charge in [0.2, 0.25) is 0 Å². The Kier molecular flexibility index (Phi) is 6.08. The molecule has 0 spiro atoms. The molecular formula is C23H31NO3. The second kappa shape index (κ2) is 8.32. The van der Waals surface area contributed by atoms with Crippen LogP contribution in [0.15, 0.2) is 42.5 Å². The molecule has 0 saturated carbocycles. The normalized spacial score (nSPS) is 20.6. The van der Waals surface area contributed by atoms with E-state index < -0.39 is 5.60 Å². The van der Waals surface area contributed by atoms with Gasteiger partial charge in [-0.1, -0.05) is 24.3 Å². The zero-order chi connectivity index (χ0) is 19.4. The van der Waals surface area contributed by atoms with Gasteiger partial charge in [-0.15, -0.1) is 0 Å². The molecule has 0 radical (unpaired) electrons. The molecule has 2 aromatic carbocycles. The molecule has 0 amide bonds. The van der Waals surface area contributed by atoms with Gasteiger partial charge in [0, 0.05) is 24.4 Å². The SMILES string of the molecule is CCNc1ccc2c(c1)C(OCC)C(OCc1ccccc1C)C(C)(C)O2. The van der Waals surface area contributed by atoms with E-state index in [0.29, 0.717) is 13.2 Å². The molecule has 4 nitrogen and oxygen atoms in total. The lowest BCUT2D eigenvalue weighted by molar-refractivity contribution is -0.166. The number of ether oxygens (including phenoxy) is 3. The first-order valence-electron chi connectivity index (χ1n) is 9.80. The lowest BCUT2D eigenvalue weighted by Gasteiger charge is -2.44. The maximum absolute atomic E-state index is 6.42. The number of hydrogen-bond donors (Lipinski definition) is 1. The number of hydrogen-bond acceptors (Lipinski definition) is 4. The summed E-state index contributed by atoms with van der Waals surface area (Å²) in [6, 6.07) is 14.5. The fourth-order valence-electron chi connectivity index (χ4n) is 3.64. The van der Waals surface area contributed by atoms with Gasteiger partial charge in [0.25, 0.3) is 0 Å². The zero-order valence-corrected chi connectivity index (χ0v) is 17.0. The van der Waals surface area contributed by atoms with Crippen molar-refractivity contribution in [3.63, 3.8) is 0 Å². The Hall–Kier alpha value is -2.04. The van der Waals surface area contributed by atoms with E-state index in [1.165, 1.54) is 11.1 Å². The monoisotopic (exact) mass is 369 g/mol. The van der Waals surface area contributed by atoms with Gasteiger partial charge in [-0.2, -0.15) is 0 Å². The summed E-state index contributed by atoms with van der Waals surface area (Å²) in [5, 5.41) is 3.37. The van der Waals surface area contributed by atoms with Crippen molar-refractivity contribution in [1.29, 1.82) is 0 Å². The topological polar surface area (TPSA) is 39.7 Å². The first-order chi connectivity index (χ1) is 13.0. The average molecular weight is 370 g/mol. The summed E-state index contributed by atoms with van der Waals surface area (Å²) < 4.78 is 18.9. The summed E-state index contributed by atoms with van der Waals surface area (Å²) >= 11 is 0. The molecule has 0 aliphatic carbocycles. The summed E-state index contributed by atoms with van der Waals surface area (Å²) in [6.07, 6.45) is -0.377. The van der Waals surface area contributed by atoms with Gasteiger partial charge >= 0.3 is 0 Å². The molecule has 2 unspecified atom stereocenters. The molecule has 0 bridgehead atoms. The molecule has 1 N–H and O–H groups in total. The Morgan fingerprint density at radius 3 is 2.56 bits per heavy atom. The van der Waals surface area contributed by atoms with E-state index in [4.69, 9.17) is 14.2 Å². The van der Waals surface area contributed by atoms with E-state index >= 15 is 0 Å². The lowest BCUT2D eigenvalue weighted by Crippen LogP contribution is -2.51. The third kappa shape index (κ3) is 4.28. The summed E-state index contributed by atoms with van der Waals surface area (Å²) in [6.45, 7) is 12.4. The molecule has 2 aromatic rings. The quantitative estimate of drug-likeness (QED) is 0.722. The highest BCUT2D eigenvalue weighted by Gasteiger charge is 2.45. The molecule has 0 aromatic heterocycles. The second-order valence-electron chi connectivity index (χ2n) is 7.52. The number of fused-ring (bicyclic) bond motifs is 1. The number of nitrogens with one attached hydrogen (secondary N) is 1. The van der Waals surface area contributed by atoms with Crippen molar-refractivity contribution >= 4 is 5.69 Å². The van der Waals surface area contributed by atoms with E-state index in [1.807, 2.05) is 25.1 Å². The van der Waals surface area contributed by atoms with Crippen molar-refractivity contribution in [2.75, 3.05) is 18.5 Å². The Balaban J connectivity index is 1.91. The van der Waals surface area contributed by atoms with Crippen LogP contribution in [0.2, 0.25) is 0 Å². The van der Waals surface area contributed by atoms with E-state index in [9.17, 15) is 0 Å². The van der Waals surface area contributed by atoms with Crippen LogP contribution < -0.4 is 10.1 Å². The van der Waals surface area contributed by atoms with Gasteiger partial charge < -0.3 is 19.5 Å². The van der Waals surface area contributed by atoms with Gasteiger partial charge in [-0.05, 0) is 63.9 Å². The zero-order valence-electron chi connectivity index (χ0n) is 17.0. The van der Waals surface area contributed by atoms with Gasteiger partial charge in [0.1, 0.15) is 23.6 Å². The van der Waals surface area contributed by atoms with Gasteiger partial charge in [0.05, 0.1) is 6.61 Å². The van der Waals surface area contributed by atoms with Gasteiger partial charge in [-0.3, -0.25) is 0 Å². The fourth-order valence-corrected chi connectivity index (χ4v) is 3.64. The van der Waals surface area contributed by atoms with E-state index in [1.54, 1.807) is 0 Å². The molecule has 4 heteroatoms. The fraction of sp³-hybridized carbons (Fsp3) is 0.478. The van der Waals surface area contributed by atoms with Crippen LogP contribution in [-0.4, -0.2) is 24.9 Å². The number of rotatable bonds is 7. The molecule has 27 heavy (non-hydrogen) atoms. The summed E-state index contributed by atoms with van der Waals surface area (Å²) in [5.41, 5.74) is 4.05. The maximum Gasteiger partial charge on any atom is 0.132 e. The third-order valence-corrected chi connectivity index (χ3v) is 5.06. The van der Waals surface area contributed by atoms with Gasteiger partial charge in [-0.25, -0.2) is 0 Å². The molecule has 1 aliphatic heterocycles. The minimum absolute atomic E-state index is 0.170. The molecule has 0 fully saturated rings. The smallest absolute Gasteiger partial charge is 0.132 e. The Bertz CT molecular complexity index is 772. The minimum Gasteiger partial charge on any atom is -0.485 e. The summed E-state index contributed by atoms with van der Waals surface area (Å²) in [4.78, 5) is 0. The summed E-state index contributed by atoms with van der Waals surface area (Å²) in [5.74, 6) is 0.871. The number of benzene rings is 2. The molecule has 3 rings (SSSR count). The third-order valence-electron chi connectivity index (χ3n) is 5.06. The Morgan fingerprint density at radius 1 is 1.07 bits per heavy atom. The van der Waals surface area contributed by atoms with Gasteiger partial charge in [0.15, 0.2) is 0 Å². The number of anilines is 1. The second-order valence-corrected chi connectivity index (χ2v) is 7.52. The van der Waals surface area contributed by atoms with Crippen molar-refractivity contribution in [2.45, 2.75) is 59.0 Å². The van der Waals surface area contributed by atoms with Crippen LogP contribution in [0.5, 0.6) is 5.75 Å². The minimum atomic E-state index is -0.491. The molecule has 2 atom stereocenters. The van der Waals surface area contributed by atoms with Crippen molar-refractivity contribution < 1.29 is 14.2 Å². The van der Waals surface area contributed by atoms with Crippen LogP contribution >= 0.6 is 0 Å². The van der Waals surface area contributed by atoms with Crippen molar-refractivity contribution in [2.24, 2.45) is 0 Å². The Morgan fingerprint density at radius 2 is 1.85 bits per heavy atom. The summed E-state index contributed by atoms with van der Waals surface area (Å²) in [7, 11) is 0. The average Bonchev–Trinajstić information content (AvgIpc) is 2.63. The van der Waals surface area contributed by atoms with E-state index in [-0.39, 0.29) is 12.2 Å². The highest BCUT2D eigenvalue weighted by atomic mass is 16.6. The lowest BCUT2D eigenvalue weighted by atomic mass is 9.87. The highest BCUT2D eigenvalue weighted by Crippen LogP contribution is 2.44. The maximum atomic E-state index is 6.42. The molecular weight excluding hydrogens is 338 g/mol. The van der Waals surface area contributed by atoms with Crippen LogP contribution in [-0.2, 0) is 16.1 Å². The number of aryl methyl sites for hydroxylation is 1. The van der Waals surface area contributed by atoms with E-state index in [2.05, 4.69) is 57.3 Å².